The highest BCUT2D eigenvalue weighted by atomic mass is 16.4. The van der Waals surface area contributed by atoms with E-state index in [-0.39, 0.29) is 6.54 Å². The Morgan fingerprint density at radius 3 is 2.52 bits per heavy atom. The molecule has 0 saturated carbocycles. The molecule has 1 rings (SSSR count). The third-order valence-electron chi connectivity index (χ3n) is 3.57. The molecule has 0 aliphatic rings. The van der Waals surface area contributed by atoms with Crippen LogP contribution >= 0.6 is 0 Å². The summed E-state index contributed by atoms with van der Waals surface area (Å²) in [4.78, 5) is 16.5. The Morgan fingerprint density at radius 2 is 2.09 bits per heavy atom. The van der Waals surface area contributed by atoms with Crippen LogP contribution in [0.4, 0.5) is 0 Å². The van der Waals surface area contributed by atoms with Crippen LogP contribution in [0.1, 0.15) is 51.3 Å². The summed E-state index contributed by atoms with van der Waals surface area (Å²) in [6, 6.07) is 5.56. The summed E-state index contributed by atoms with van der Waals surface area (Å²) in [7, 11) is 0. The number of hydrogen-bond acceptors (Lipinski definition) is 4. The maximum Gasteiger partial charge on any atom is 0.317 e. The van der Waals surface area contributed by atoms with E-state index in [1.54, 1.807) is 12.3 Å². The Balaban J connectivity index is 0.000000459. The molecule has 0 aliphatic carbocycles. The van der Waals surface area contributed by atoms with Gasteiger partial charge >= 0.3 is 5.97 Å². The van der Waals surface area contributed by atoms with E-state index >= 15 is 0 Å². The van der Waals surface area contributed by atoms with Crippen molar-refractivity contribution in [1.29, 1.82) is 5.26 Å². The van der Waals surface area contributed by atoms with Crippen LogP contribution in [0, 0.1) is 24.2 Å². The molecule has 0 spiro atoms. The molecule has 0 fully saturated rings. The van der Waals surface area contributed by atoms with Gasteiger partial charge < -0.3 is 5.11 Å². The van der Waals surface area contributed by atoms with Crippen LogP contribution in [0.2, 0.25) is 0 Å². The topological polar surface area (TPSA) is 77.2 Å². The summed E-state index contributed by atoms with van der Waals surface area (Å²) in [5.74, 6) is -0.0225. The minimum atomic E-state index is -0.720. The molecule has 0 aliphatic heterocycles. The fraction of sp³-hybridized carbons (Fsp3) is 0.611. The molecule has 0 radical (unpaired) electrons. The molecule has 0 bridgehead atoms. The minimum absolute atomic E-state index is 0.185. The summed E-state index contributed by atoms with van der Waals surface area (Å²) in [6.45, 7) is 10.3. The number of pyridine rings is 1. The van der Waals surface area contributed by atoms with Crippen molar-refractivity contribution >= 4 is 5.97 Å². The summed E-state index contributed by atoms with van der Waals surface area (Å²) >= 11 is 0. The number of rotatable bonds is 8. The van der Waals surface area contributed by atoms with Crippen molar-refractivity contribution in [1.82, 2.24) is 9.88 Å². The minimum Gasteiger partial charge on any atom is -0.480 e. The third kappa shape index (κ3) is 11.3. The van der Waals surface area contributed by atoms with Crippen LogP contribution in [0.3, 0.4) is 0 Å². The molecule has 1 aromatic rings. The molecule has 1 unspecified atom stereocenters. The lowest BCUT2D eigenvalue weighted by molar-refractivity contribution is -0.138. The zero-order chi connectivity index (χ0) is 17.7. The Hall–Kier alpha value is -1.93. The number of aliphatic carboxylic acids is 1. The molecule has 1 aromatic heterocycles. The highest BCUT2D eigenvalue weighted by Gasteiger charge is 2.09. The van der Waals surface area contributed by atoms with Gasteiger partial charge in [-0.1, -0.05) is 27.2 Å². The number of aromatic nitrogens is 1. The normalized spacial score (nSPS) is 11.3. The van der Waals surface area contributed by atoms with Gasteiger partial charge in [0.15, 0.2) is 0 Å². The first-order valence-electron chi connectivity index (χ1n) is 8.19. The Bertz CT molecular complexity index is 480. The van der Waals surface area contributed by atoms with E-state index in [1.807, 2.05) is 24.0 Å². The lowest BCUT2D eigenvalue weighted by atomic mass is 10.1. The number of hydrogen-bond donors (Lipinski definition) is 1. The average molecular weight is 319 g/mol. The molecular weight excluding hydrogens is 290 g/mol. The monoisotopic (exact) mass is 319 g/mol. The van der Waals surface area contributed by atoms with E-state index in [1.165, 1.54) is 6.42 Å². The van der Waals surface area contributed by atoms with Crippen LogP contribution in [0.15, 0.2) is 18.3 Å². The lowest BCUT2D eigenvalue weighted by Crippen LogP contribution is -2.32. The molecule has 0 aromatic carbocycles. The van der Waals surface area contributed by atoms with Crippen molar-refractivity contribution in [2.45, 2.75) is 47.0 Å². The SMILES string of the molecule is CCCN(CCC(C)CC)CC(=O)O.Cc1ccc(C#N)cn1. The fourth-order valence-electron chi connectivity index (χ4n) is 1.92. The van der Waals surface area contributed by atoms with Crippen molar-refractivity contribution in [3.8, 4) is 6.07 Å². The molecule has 128 valence electrons. The van der Waals surface area contributed by atoms with Crippen molar-refractivity contribution in [3.05, 3.63) is 29.6 Å². The van der Waals surface area contributed by atoms with Gasteiger partial charge in [-0.2, -0.15) is 5.26 Å². The third-order valence-corrected chi connectivity index (χ3v) is 3.57. The second kappa shape index (κ2) is 12.6. The van der Waals surface area contributed by atoms with Gasteiger partial charge in [0.2, 0.25) is 0 Å². The maximum absolute atomic E-state index is 10.6. The first kappa shape index (κ1) is 21.1. The first-order chi connectivity index (χ1) is 10.9. The summed E-state index contributed by atoms with van der Waals surface area (Å²) in [6.07, 6.45) is 4.86. The predicted molar refractivity (Wildman–Crippen MR) is 92.1 cm³/mol. The van der Waals surface area contributed by atoms with Crippen LogP contribution < -0.4 is 0 Å². The molecule has 0 saturated heterocycles. The number of carboxylic acid groups (broad SMARTS) is 1. The molecule has 0 amide bonds. The van der Waals surface area contributed by atoms with Gasteiger partial charge in [0.05, 0.1) is 12.1 Å². The Morgan fingerprint density at radius 1 is 1.39 bits per heavy atom. The van der Waals surface area contributed by atoms with E-state index in [0.29, 0.717) is 11.5 Å². The second-order valence-corrected chi connectivity index (χ2v) is 5.77. The highest BCUT2D eigenvalue weighted by Crippen LogP contribution is 2.07. The summed E-state index contributed by atoms with van der Waals surface area (Å²) in [5, 5.41) is 17.0. The number of nitrogens with zero attached hydrogens (tertiary/aromatic N) is 3. The summed E-state index contributed by atoms with van der Waals surface area (Å²) in [5.41, 5.74) is 1.55. The number of nitriles is 1. The van der Waals surface area contributed by atoms with Crippen LogP contribution in [-0.2, 0) is 4.79 Å². The largest absolute Gasteiger partial charge is 0.480 e. The molecule has 5 heteroatoms. The summed E-state index contributed by atoms with van der Waals surface area (Å²) < 4.78 is 0. The molecule has 1 N–H and O–H groups in total. The first-order valence-corrected chi connectivity index (χ1v) is 8.19. The zero-order valence-electron chi connectivity index (χ0n) is 14.7. The predicted octanol–water partition coefficient (Wildman–Crippen LogP) is 3.48. The molecule has 1 heterocycles. The van der Waals surface area contributed by atoms with Gasteiger partial charge in [0.25, 0.3) is 0 Å². The highest BCUT2D eigenvalue weighted by molar-refractivity contribution is 5.69. The van der Waals surface area contributed by atoms with Gasteiger partial charge in [-0.15, -0.1) is 0 Å². The second-order valence-electron chi connectivity index (χ2n) is 5.77. The smallest absolute Gasteiger partial charge is 0.317 e. The van der Waals surface area contributed by atoms with E-state index in [2.05, 4.69) is 25.8 Å². The van der Waals surface area contributed by atoms with Crippen molar-refractivity contribution in [2.24, 2.45) is 5.92 Å². The van der Waals surface area contributed by atoms with Gasteiger partial charge in [-0.25, -0.2) is 0 Å². The Kier molecular flexibility index (Phi) is 11.5. The number of carboxylic acids is 1. The quantitative estimate of drug-likeness (QED) is 0.793. The van der Waals surface area contributed by atoms with Gasteiger partial charge in [-0.3, -0.25) is 14.7 Å². The van der Waals surface area contributed by atoms with Crippen LogP contribution in [-0.4, -0.2) is 40.6 Å². The molecular formula is C18H29N3O2. The standard InChI is InChI=1S/C11H23NO2.C7H6N2/c1-4-7-12(9-11(13)14)8-6-10(3)5-2;1-6-2-3-7(4-8)5-9-6/h10H,4-9H2,1-3H3,(H,13,14);2-3,5H,1H3. The number of carbonyl (C=O) groups is 1. The van der Waals surface area contributed by atoms with Crippen molar-refractivity contribution in [3.63, 3.8) is 0 Å². The fourth-order valence-corrected chi connectivity index (χ4v) is 1.92. The van der Waals surface area contributed by atoms with Crippen molar-refractivity contribution < 1.29 is 9.90 Å². The molecule has 1 atom stereocenters. The Labute approximate surface area is 140 Å². The van der Waals surface area contributed by atoms with Gasteiger partial charge in [0, 0.05) is 11.9 Å². The van der Waals surface area contributed by atoms with Crippen LogP contribution in [0.5, 0.6) is 0 Å². The lowest BCUT2D eigenvalue weighted by Gasteiger charge is -2.20. The van der Waals surface area contributed by atoms with E-state index < -0.39 is 5.97 Å². The van der Waals surface area contributed by atoms with E-state index in [9.17, 15) is 4.79 Å². The van der Waals surface area contributed by atoms with Crippen LogP contribution in [0.25, 0.3) is 0 Å². The van der Waals surface area contributed by atoms with Crippen molar-refractivity contribution in [2.75, 3.05) is 19.6 Å². The maximum atomic E-state index is 10.6. The molecule has 5 nitrogen and oxygen atoms in total. The van der Waals surface area contributed by atoms with E-state index in [4.69, 9.17) is 10.4 Å². The zero-order valence-corrected chi connectivity index (χ0v) is 14.7. The molecule has 23 heavy (non-hydrogen) atoms. The van der Waals surface area contributed by atoms with Gasteiger partial charge in [-0.05, 0) is 50.9 Å². The van der Waals surface area contributed by atoms with E-state index in [0.717, 1.165) is 31.6 Å². The number of aryl methyl sites for hydroxylation is 1. The van der Waals surface area contributed by atoms with Gasteiger partial charge in [0.1, 0.15) is 6.07 Å². The average Bonchev–Trinajstić information content (AvgIpc) is 2.53.